The molecule has 4 N–H and O–H groups in total. The first-order chi connectivity index (χ1) is 16.4. The largest absolute Gasteiger partial charge is 0.372 e. The van der Waals surface area contributed by atoms with Crippen molar-refractivity contribution in [2.75, 3.05) is 13.2 Å². The van der Waals surface area contributed by atoms with Crippen molar-refractivity contribution < 1.29 is 14.0 Å². The van der Waals surface area contributed by atoms with Crippen LogP contribution >= 0.6 is 0 Å². The van der Waals surface area contributed by atoms with Gasteiger partial charge < -0.3 is 20.5 Å². The number of rotatable bonds is 9. The number of halogens is 1. The molecule has 1 atom stereocenters. The van der Waals surface area contributed by atoms with Gasteiger partial charge in [-0.15, -0.1) is 0 Å². The predicted octanol–water partition coefficient (Wildman–Crippen LogP) is 3.65. The van der Waals surface area contributed by atoms with Crippen LogP contribution in [0, 0.1) is 5.41 Å². The molecule has 3 aromatic rings. The average molecular weight is 465 g/mol. The third kappa shape index (κ3) is 4.64. The molecule has 0 radical (unpaired) electrons. The van der Waals surface area contributed by atoms with Crippen LogP contribution < -0.4 is 16.0 Å². The normalized spacial score (nSPS) is 13.6. The number of alkyl halides is 1. The predicted molar refractivity (Wildman–Crippen MR) is 129 cm³/mol. The van der Waals surface area contributed by atoms with Gasteiger partial charge in [0.1, 0.15) is 18.3 Å². The summed E-state index contributed by atoms with van der Waals surface area (Å²) in [5.41, 5.74) is 3.36. The summed E-state index contributed by atoms with van der Waals surface area (Å²) in [5.74, 6) is -0.0330. The SMILES string of the molecule is CC(C)n1c(C(CCCNC(=N)CF)NC(=O)c2cccc3c2C(=O)NC3)nc2ccccc21. The van der Waals surface area contributed by atoms with Crippen LogP contribution in [0.15, 0.2) is 42.5 Å². The van der Waals surface area contributed by atoms with Gasteiger partial charge in [0, 0.05) is 19.1 Å². The number of nitrogens with zero attached hydrogens (tertiary/aromatic N) is 2. The molecule has 0 fully saturated rings. The maximum atomic E-state index is 13.4. The summed E-state index contributed by atoms with van der Waals surface area (Å²) in [7, 11) is 0. The summed E-state index contributed by atoms with van der Waals surface area (Å²) in [6.45, 7) is 4.10. The van der Waals surface area contributed by atoms with Crippen LogP contribution in [-0.2, 0) is 6.54 Å². The molecule has 34 heavy (non-hydrogen) atoms. The van der Waals surface area contributed by atoms with E-state index in [0.29, 0.717) is 37.1 Å². The number of imidazole rings is 1. The van der Waals surface area contributed by atoms with Gasteiger partial charge in [-0.25, -0.2) is 9.37 Å². The van der Waals surface area contributed by atoms with Gasteiger partial charge in [-0.3, -0.25) is 15.0 Å². The number of benzene rings is 2. The van der Waals surface area contributed by atoms with Gasteiger partial charge in [-0.2, -0.15) is 0 Å². The molecule has 0 bridgehead atoms. The number of fused-ring (bicyclic) bond motifs is 2. The smallest absolute Gasteiger partial charge is 0.252 e. The number of aromatic nitrogens is 2. The number of hydrogen-bond donors (Lipinski definition) is 4. The number of amidine groups is 1. The molecular weight excluding hydrogens is 435 g/mol. The molecule has 2 amide bonds. The van der Waals surface area contributed by atoms with E-state index in [1.54, 1.807) is 12.1 Å². The van der Waals surface area contributed by atoms with E-state index in [1.165, 1.54) is 0 Å². The van der Waals surface area contributed by atoms with Gasteiger partial charge in [-0.1, -0.05) is 24.3 Å². The minimum Gasteiger partial charge on any atom is -0.372 e. The van der Waals surface area contributed by atoms with E-state index in [2.05, 4.69) is 34.4 Å². The summed E-state index contributed by atoms with van der Waals surface area (Å²) < 4.78 is 14.7. The van der Waals surface area contributed by atoms with Crippen LogP contribution in [0.4, 0.5) is 4.39 Å². The zero-order chi connectivity index (χ0) is 24.2. The topological polar surface area (TPSA) is 112 Å². The zero-order valence-electron chi connectivity index (χ0n) is 19.3. The molecule has 1 aliphatic rings. The fraction of sp³-hybridized carbons (Fsp3) is 0.360. The van der Waals surface area contributed by atoms with Crippen molar-refractivity contribution in [1.29, 1.82) is 5.41 Å². The van der Waals surface area contributed by atoms with Crippen molar-refractivity contribution in [3.8, 4) is 0 Å². The number of carbonyl (C=O) groups excluding carboxylic acids is 2. The minimum atomic E-state index is -0.843. The molecule has 1 aliphatic heterocycles. The van der Waals surface area contributed by atoms with E-state index in [9.17, 15) is 14.0 Å². The fourth-order valence-electron chi connectivity index (χ4n) is 4.41. The number of carbonyl (C=O) groups is 2. The van der Waals surface area contributed by atoms with E-state index in [-0.39, 0.29) is 23.7 Å². The highest BCUT2D eigenvalue weighted by Gasteiger charge is 2.28. The Hall–Kier alpha value is -3.75. The first-order valence-electron chi connectivity index (χ1n) is 11.5. The highest BCUT2D eigenvalue weighted by atomic mass is 19.1. The highest BCUT2D eigenvalue weighted by molar-refractivity contribution is 6.09. The Balaban J connectivity index is 1.66. The molecule has 2 aromatic carbocycles. The molecule has 1 aromatic heterocycles. The standard InChI is InChI=1S/C25H29FN6O2/c1-15(2)32-20-11-4-3-9-18(20)30-23(32)19(10-6-12-28-21(27)13-26)31-24(33)17-8-5-7-16-14-29-25(34)22(16)17/h3-5,7-9,11,15,19H,6,10,12-14H2,1-2H3,(H2,27,28)(H,29,34)(H,31,33). The Bertz CT molecular complexity index is 1240. The summed E-state index contributed by atoms with van der Waals surface area (Å²) in [6, 6.07) is 12.8. The van der Waals surface area contributed by atoms with E-state index in [0.717, 1.165) is 22.4 Å². The molecule has 178 valence electrons. The number of hydrogen-bond acceptors (Lipinski definition) is 4. The van der Waals surface area contributed by atoms with Gasteiger partial charge in [0.25, 0.3) is 11.8 Å². The van der Waals surface area contributed by atoms with Crippen molar-refractivity contribution in [2.45, 2.75) is 45.3 Å². The van der Waals surface area contributed by atoms with Gasteiger partial charge in [0.05, 0.1) is 28.2 Å². The Labute approximate surface area is 197 Å². The number of nitrogens with one attached hydrogen (secondary N) is 4. The molecule has 0 saturated carbocycles. The minimum absolute atomic E-state index is 0.103. The lowest BCUT2D eigenvalue weighted by Gasteiger charge is -2.22. The second kappa shape index (κ2) is 10.0. The van der Waals surface area contributed by atoms with Crippen LogP contribution in [0.2, 0.25) is 0 Å². The van der Waals surface area contributed by atoms with Gasteiger partial charge >= 0.3 is 0 Å². The van der Waals surface area contributed by atoms with E-state index in [4.69, 9.17) is 10.4 Å². The molecule has 8 nitrogen and oxygen atoms in total. The molecule has 0 spiro atoms. The summed E-state index contributed by atoms with van der Waals surface area (Å²) in [4.78, 5) is 30.6. The van der Waals surface area contributed by atoms with E-state index < -0.39 is 12.7 Å². The van der Waals surface area contributed by atoms with Crippen LogP contribution in [0.5, 0.6) is 0 Å². The Morgan fingerprint density at radius 1 is 1.24 bits per heavy atom. The number of para-hydroxylation sites is 2. The molecule has 1 unspecified atom stereocenters. The van der Waals surface area contributed by atoms with Crippen molar-refractivity contribution in [3.63, 3.8) is 0 Å². The third-order valence-corrected chi connectivity index (χ3v) is 5.96. The lowest BCUT2D eigenvalue weighted by molar-refractivity contribution is 0.0911. The monoisotopic (exact) mass is 464 g/mol. The van der Waals surface area contributed by atoms with Crippen LogP contribution in [0.3, 0.4) is 0 Å². The van der Waals surface area contributed by atoms with Crippen molar-refractivity contribution in [1.82, 2.24) is 25.5 Å². The Morgan fingerprint density at radius 3 is 2.79 bits per heavy atom. The molecule has 0 saturated heterocycles. The second-order valence-electron chi connectivity index (χ2n) is 8.65. The molecule has 4 rings (SSSR count). The van der Waals surface area contributed by atoms with Crippen molar-refractivity contribution in [3.05, 3.63) is 65.0 Å². The number of amides is 2. The molecular formula is C25H29FN6O2. The first kappa shape index (κ1) is 23.4. The second-order valence-corrected chi connectivity index (χ2v) is 8.65. The third-order valence-electron chi connectivity index (χ3n) is 5.96. The van der Waals surface area contributed by atoms with Gasteiger partial charge in [-0.05, 0) is 50.5 Å². The quantitative estimate of drug-likeness (QED) is 0.220. The lowest BCUT2D eigenvalue weighted by atomic mass is 10.0. The average Bonchev–Trinajstić information content (AvgIpc) is 3.41. The van der Waals surface area contributed by atoms with E-state index in [1.807, 2.05) is 30.3 Å². The summed E-state index contributed by atoms with van der Waals surface area (Å²) >= 11 is 0. The fourth-order valence-corrected chi connectivity index (χ4v) is 4.41. The van der Waals surface area contributed by atoms with Crippen molar-refractivity contribution >= 4 is 28.7 Å². The van der Waals surface area contributed by atoms with Crippen molar-refractivity contribution in [2.24, 2.45) is 0 Å². The lowest BCUT2D eigenvalue weighted by Crippen LogP contribution is -2.33. The summed E-state index contributed by atoms with van der Waals surface area (Å²) in [5, 5.41) is 16.1. The Kier molecular flexibility index (Phi) is 6.90. The maximum Gasteiger partial charge on any atom is 0.252 e. The van der Waals surface area contributed by atoms with E-state index >= 15 is 0 Å². The molecule has 9 heteroatoms. The zero-order valence-corrected chi connectivity index (χ0v) is 19.3. The molecule has 0 aliphatic carbocycles. The van der Waals surface area contributed by atoms with Crippen LogP contribution in [0.1, 0.15) is 70.9 Å². The maximum absolute atomic E-state index is 13.4. The Morgan fingerprint density at radius 2 is 2.03 bits per heavy atom. The summed E-state index contributed by atoms with van der Waals surface area (Å²) in [6.07, 6.45) is 1.11. The first-order valence-corrected chi connectivity index (χ1v) is 11.5. The van der Waals surface area contributed by atoms with Crippen LogP contribution in [0.25, 0.3) is 11.0 Å². The van der Waals surface area contributed by atoms with Gasteiger partial charge in [0.2, 0.25) is 0 Å². The molecule has 2 heterocycles. The van der Waals surface area contributed by atoms with Crippen LogP contribution in [-0.4, -0.2) is 40.4 Å². The van der Waals surface area contributed by atoms with Gasteiger partial charge in [0.15, 0.2) is 0 Å². The highest BCUT2D eigenvalue weighted by Crippen LogP contribution is 2.28.